The zero-order chi connectivity index (χ0) is 28.2. The van der Waals surface area contributed by atoms with Crippen LogP contribution in [0.2, 0.25) is 0 Å². The molecular formula is C32H44N4O4. The van der Waals surface area contributed by atoms with Crippen LogP contribution in [0.15, 0.2) is 60.7 Å². The van der Waals surface area contributed by atoms with E-state index in [-0.39, 0.29) is 18.4 Å². The highest BCUT2D eigenvalue weighted by Gasteiger charge is 2.52. The Morgan fingerprint density at radius 2 is 1.62 bits per heavy atom. The number of hydrogen-bond acceptors (Lipinski definition) is 5. The molecule has 1 atom stereocenters. The Labute approximate surface area is 238 Å². The summed E-state index contributed by atoms with van der Waals surface area (Å²) in [6.07, 6.45) is 5.85. The first-order valence-corrected chi connectivity index (χ1v) is 14.8. The maximum atomic E-state index is 13.5. The zero-order valence-corrected chi connectivity index (χ0v) is 23.8. The lowest BCUT2D eigenvalue weighted by Gasteiger charge is -2.51. The predicted octanol–water partition coefficient (Wildman–Crippen LogP) is 4.29. The molecule has 0 radical (unpaired) electrons. The molecule has 2 saturated heterocycles. The number of benzene rings is 2. The quantitative estimate of drug-likeness (QED) is 0.365. The molecule has 2 fully saturated rings. The van der Waals surface area contributed by atoms with Crippen LogP contribution in [0.5, 0.6) is 0 Å². The molecule has 2 N–H and O–H groups in total. The summed E-state index contributed by atoms with van der Waals surface area (Å²) in [4.78, 5) is 43.3. The van der Waals surface area contributed by atoms with Crippen LogP contribution in [0, 0.1) is 0 Å². The Bertz CT molecular complexity index is 1090. The summed E-state index contributed by atoms with van der Waals surface area (Å²) in [7, 11) is 0. The minimum atomic E-state index is -0.733. The molecule has 8 nitrogen and oxygen atoms in total. The van der Waals surface area contributed by atoms with Gasteiger partial charge in [-0.25, -0.2) is 4.79 Å². The van der Waals surface area contributed by atoms with E-state index in [2.05, 4.69) is 46.7 Å². The minimum absolute atomic E-state index is 0.00268. The highest BCUT2D eigenvalue weighted by molar-refractivity contribution is 6.00. The maximum Gasteiger partial charge on any atom is 0.407 e. The van der Waals surface area contributed by atoms with Crippen molar-refractivity contribution in [2.45, 2.75) is 76.5 Å². The average molecular weight is 549 g/mol. The van der Waals surface area contributed by atoms with Gasteiger partial charge in [0.15, 0.2) is 0 Å². The molecule has 1 spiro atoms. The summed E-state index contributed by atoms with van der Waals surface area (Å²) in [5, 5.41) is 5.84. The van der Waals surface area contributed by atoms with Crippen molar-refractivity contribution in [2.24, 2.45) is 0 Å². The van der Waals surface area contributed by atoms with Gasteiger partial charge in [-0.3, -0.25) is 9.59 Å². The van der Waals surface area contributed by atoms with Crippen LogP contribution in [0.4, 0.5) is 4.79 Å². The van der Waals surface area contributed by atoms with Crippen molar-refractivity contribution in [1.29, 1.82) is 0 Å². The lowest BCUT2D eigenvalue weighted by atomic mass is 9.81. The zero-order valence-electron chi connectivity index (χ0n) is 23.8. The molecule has 216 valence electrons. The van der Waals surface area contributed by atoms with Gasteiger partial charge in [0.1, 0.15) is 18.2 Å². The van der Waals surface area contributed by atoms with Gasteiger partial charge in [0.05, 0.1) is 0 Å². The summed E-state index contributed by atoms with van der Waals surface area (Å²) < 4.78 is 5.24. The van der Waals surface area contributed by atoms with Gasteiger partial charge in [-0.05, 0) is 69.0 Å². The van der Waals surface area contributed by atoms with Crippen molar-refractivity contribution < 1.29 is 19.1 Å². The third kappa shape index (κ3) is 7.84. The normalized spacial score (nSPS) is 18.9. The molecule has 40 heavy (non-hydrogen) atoms. The molecule has 2 aromatic carbocycles. The van der Waals surface area contributed by atoms with E-state index in [1.807, 2.05) is 41.3 Å². The van der Waals surface area contributed by atoms with Gasteiger partial charge in [0.2, 0.25) is 11.8 Å². The summed E-state index contributed by atoms with van der Waals surface area (Å²) in [6.45, 7) is 6.01. The average Bonchev–Trinajstić information content (AvgIpc) is 2.98. The number of rotatable bonds is 13. The number of carbonyl (C=O) groups excluding carboxylic acids is 3. The van der Waals surface area contributed by atoms with Crippen molar-refractivity contribution in [1.82, 2.24) is 20.4 Å². The fourth-order valence-electron chi connectivity index (χ4n) is 5.85. The maximum absolute atomic E-state index is 13.5. The number of hydrogen-bond donors (Lipinski definition) is 2. The van der Waals surface area contributed by atoms with E-state index in [4.69, 9.17) is 4.74 Å². The van der Waals surface area contributed by atoms with Gasteiger partial charge in [-0.15, -0.1) is 0 Å². The number of nitrogens with one attached hydrogen (secondary N) is 2. The van der Waals surface area contributed by atoms with Crippen molar-refractivity contribution >= 4 is 17.9 Å². The first-order valence-electron chi connectivity index (χ1n) is 14.8. The molecule has 2 aliphatic rings. The lowest BCUT2D eigenvalue weighted by Crippen LogP contribution is -2.72. The molecule has 0 saturated carbocycles. The molecule has 2 heterocycles. The largest absolute Gasteiger partial charge is 0.445 e. The van der Waals surface area contributed by atoms with Crippen LogP contribution in [0.3, 0.4) is 0 Å². The number of piperazine rings is 1. The summed E-state index contributed by atoms with van der Waals surface area (Å²) >= 11 is 0. The van der Waals surface area contributed by atoms with Gasteiger partial charge in [0, 0.05) is 26.2 Å². The smallest absolute Gasteiger partial charge is 0.407 e. The topological polar surface area (TPSA) is 91.0 Å². The Balaban J connectivity index is 1.19. The molecule has 1 unspecified atom stereocenters. The van der Waals surface area contributed by atoms with Crippen molar-refractivity contribution in [2.75, 3.05) is 32.7 Å². The van der Waals surface area contributed by atoms with Crippen LogP contribution in [-0.2, 0) is 27.4 Å². The van der Waals surface area contributed by atoms with Crippen molar-refractivity contribution in [3.05, 3.63) is 71.8 Å². The predicted molar refractivity (Wildman–Crippen MR) is 156 cm³/mol. The number of alkyl carbamates (subject to hydrolysis) is 1. The summed E-state index contributed by atoms with van der Waals surface area (Å²) in [5.41, 5.74) is 1.56. The molecule has 4 rings (SSSR count). The van der Waals surface area contributed by atoms with E-state index >= 15 is 0 Å². The number of ether oxygens (including phenoxy) is 1. The Kier molecular flexibility index (Phi) is 11.0. The van der Waals surface area contributed by atoms with E-state index in [0.29, 0.717) is 38.8 Å². The fraction of sp³-hybridized carbons (Fsp3) is 0.531. The molecule has 2 aromatic rings. The Morgan fingerprint density at radius 3 is 2.30 bits per heavy atom. The number of unbranched alkanes of at least 4 members (excludes halogenated alkanes) is 1. The molecule has 0 bridgehead atoms. The fourth-order valence-corrected chi connectivity index (χ4v) is 5.85. The number of piperidine rings is 1. The molecule has 0 aliphatic carbocycles. The second-order valence-corrected chi connectivity index (χ2v) is 11.0. The highest BCUT2D eigenvalue weighted by Crippen LogP contribution is 2.34. The van der Waals surface area contributed by atoms with Gasteiger partial charge < -0.3 is 25.2 Å². The van der Waals surface area contributed by atoms with Gasteiger partial charge >= 0.3 is 6.09 Å². The third-order valence-corrected chi connectivity index (χ3v) is 8.12. The molecule has 8 heteroatoms. The van der Waals surface area contributed by atoms with Crippen LogP contribution in [-0.4, -0.2) is 72.0 Å². The van der Waals surface area contributed by atoms with Crippen LogP contribution < -0.4 is 10.6 Å². The van der Waals surface area contributed by atoms with Crippen LogP contribution in [0.25, 0.3) is 0 Å². The van der Waals surface area contributed by atoms with E-state index in [9.17, 15) is 14.4 Å². The SMILES string of the molecule is CCCN1C(=O)C(CCCCNC(=O)OCc2ccccc2)NC(=O)C12CCN(CCCc1ccccc1)CC2. The van der Waals surface area contributed by atoms with Gasteiger partial charge in [-0.1, -0.05) is 67.6 Å². The second kappa shape index (κ2) is 14.8. The van der Waals surface area contributed by atoms with E-state index in [1.165, 1.54) is 5.56 Å². The summed E-state index contributed by atoms with van der Waals surface area (Å²) in [5.74, 6) is 0.0336. The highest BCUT2D eigenvalue weighted by atomic mass is 16.5. The monoisotopic (exact) mass is 548 g/mol. The van der Waals surface area contributed by atoms with Gasteiger partial charge in [-0.2, -0.15) is 0 Å². The van der Waals surface area contributed by atoms with E-state index in [1.54, 1.807) is 0 Å². The van der Waals surface area contributed by atoms with Crippen LogP contribution in [0.1, 0.15) is 63.0 Å². The standard InChI is InChI=1S/C32H44N4O4/c1-2-21-36-29(37)28(17-9-10-20-33-31(39)40-25-27-14-7-4-8-15-27)34-30(38)32(36)18-23-35(24-19-32)22-11-16-26-12-5-3-6-13-26/h3-8,12-15,28H,2,9-11,16-25H2,1H3,(H,33,39)(H,34,38). The first kappa shape index (κ1) is 29.6. The van der Waals surface area contributed by atoms with Crippen molar-refractivity contribution in [3.8, 4) is 0 Å². The van der Waals surface area contributed by atoms with Crippen LogP contribution >= 0.6 is 0 Å². The number of carbonyl (C=O) groups is 3. The van der Waals surface area contributed by atoms with E-state index in [0.717, 1.165) is 50.9 Å². The van der Waals surface area contributed by atoms with Gasteiger partial charge in [0.25, 0.3) is 0 Å². The number of nitrogens with zero attached hydrogens (tertiary/aromatic N) is 2. The molecule has 3 amide bonds. The number of amides is 3. The Hall–Kier alpha value is -3.39. The molecule has 2 aliphatic heterocycles. The molecular weight excluding hydrogens is 504 g/mol. The third-order valence-electron chi connectivity index (χ3n) is 8.12. The summed E-state index contributed by atoms with van der Waals surface area (Å²) in [6, 6.07) is 19.6. The minimum Gasteiger partial charge on any atom is -0.445 e. The molecule has 0 aromatic heterocycles. The number of aryl methyl sites for hydroxylation is 1. The van der Waals surface area contributed by atoms with E-state index < -0.39 is 17.7 Å². The Morgan fingerprint density at radius 1 is 0.950 bits per heavy atom. The second-order valence-electron chi connectivity index (χ2n) is 11.0. The van der Waals surface area contributed by atoms with Crippen molar-refractivity contribution in [3.63, 3.8) is 0 Å². The lowest BCUT2D eigenvalue weighted by molar-refractivity contribution is -0.161. The first-order chi connectivity index (χ1) is 19.5. The number of likely N-dealkylation sites (tertiary alicyclic amines) is 1.